The summed E-state index contributed by atoms with van der Waals surface area (Å²) in [5, 5.41) is 3.51. The van der Waals surface area contributed by atoms with Crippen molar-refractivity contribution in [2.45, 2.75) is 63.6 Å². The number of nitrogens with zero attached hydrogens (tertiary/aromatic N) is 1. The largest absolute Gasteiger partial charge is 0.381 e. The lowest BCUT2D eigenvalue weighted by molar-refractivity contribution is -0.140. The van der Waals surface area contributed by atoms with Gasteiger partial charge in [0.1, 0.15) is 0 Å². The van der Waals surface area contributed by atoms with Crippen molar-refractivity contribution in [3.8, 4) is 0 Å². The number of amides is 1. The summed E-state index contributed by atoms with van der Waals surface area (Å²) in [7, 11) is 0. The van der Waals surface area contributed by atoms with E-state index in [1.807, 2.05) is 0 Å². The number of hydrogen-bond acceptors (Lipinski definition) is 3. The van der Waals surface area contributed by atoms with Gasteiger partial charge in [0.2, 0.25) is 5.91 Å². The van der Waals surface area contributed by atoms with Gasteiger partial charge in [0.15, 0.2) is 0 Å². The molecule has 0 aromatic rings. The van der Waals surface area contributed by atoms with Gasteiger partial charge in [-0.2, -0.15) is 0 Å². The molecular formula is C15H26N2O2. The van der Waals surface area contributed by atoms with Gasteiger partial charge in [-0.3, -0.25) is 4.79 Å². The topological polar surface area (TPSA) is 41.6 Å². The SMILES string of the molecule is CC(C1CCOCC1)N1CCCC(NC2CC2)C1=O. The summed E-state index contributed by atoms with van der Waals surface area (Å²) < 4.78 is 5.43. The van der Waals surface area contributed by atoms with E-state index >= 15 is 0 Å². The maximum Gasteiger partial charge on any atom is 0.239 e. The molecule has 1 saturated carbocycles. The third kappa shape index (κ3) is 3.11. The Morgan fingerprint density at radius 1 is 1.21 bits per heavy atom. The first-order valence-electron chi connectivity index (χ1n) is 7.90. The number of piperidine rings is 1. The van der Waals surface area contributed by atoms with Crippen molar-refractivity contribution in [2.75, 3.05) is 19.8 Å². The number of likely N-dealkylation sites (tertiary alicyclic amines) is 1. The zero-order chi connectivity index (χ0) is 13.2. The molecule has 1 N–H and O–H groups in total. The molecule has 3 rings (SSSR count). The molecule has 108 valence electrons. The highest BCUT2D eigenvalue weighted by Gasteiger charge is 2.37. The summed E-state index contributed by atoms with van der Waals surface area (Å²) >= 11 is 0. The molecule has 3 fully saturated rings. The van der Waals surface area contributed by atoms with E-state index in [4.69, 9.17) is 4.74 Å². The fourth-order valence-corrected chi connectivity index (χ4v) is 3.45. The Balaban J connectivity index is 1.59. The number of carbonyl (C=O) groups excluding carboxylic acids is 1. The molecule has 0 spiro atoms. The minimum absolute atomic E-state index is 0.0866. The van der Waals surface area contributed by atoms with Crippen LogP contribution in [0.25, 0.3) is 0 Å². The average molecular weight is 266 g/mol. The van der Waals surface area contributed by atoms with E-state index < -0.39 is 0 Å². The van der Waals surface area contributed by atoms with Crippen molar-refractivity contribution in [3.63, 3.8) is 0 Å². The van der Waals surface area contributed by atoms with Crippen molar-refractivity contribution in [1.82, 2.24) is 10.2 Å². The quantitative estimate of drug-likeness (QED) is 0.839. The minimum atomic E-state index is 0.0866. The molecule has 0 bridgehead atoms. The summed E-state index contributed by atoms with van der Waals surface area (Å²) in [5.41, 5.74) is 0. The van der Waals surface area contributed by atoms with E-state index in [2.05, 4.69) is 17.1 Å². The lowest BCUT2D eigenvalue weighted by Crippen LogP contribution is -2.55. The molecule has 0 aromatic heterocycles. The van der Waals surface area contributed by atoms with Crippen LogP contribution < -0.4 is 5.32 Å². The summed E-state index contributed by atoms with van der Waals surface area (Å²) in [6.07, 6.45) is 6.87. The molecule has 0 aromatic carbocycles. The number of nitrogens with one attached hydrogen (secondary N) is 1. The van der Waals surface area contributed by atoms with Crippen LogP contribution in [0, 0.1) is 5.92 Å². The van der Waals surface area contributed by atoms with Crippen molar-refractivity contribution >= 4 is 5.91 Å². The van der Waals surface area contributed by atoms with E-state index in [1.54, 1.807) is 0 Å². The van der Waals surface area contributed by atoms with Crippen LogP contribution in [0.3, 0.4) is 0 Å². The molecule has 19 heavy (non-hydrogen) atoms. The summed E-state index contributed by atoms with van der Waals surface area (Å²) in [5.74, 6) is 0.967. The van der Waals surface area contributed by atoms with Crippen LogP contribution in [0.15, 0.2) is 0 Å². The molecule has 0 radical (unpaired) electrons. The number of hydrogen-bond donors (Lipinski definition) is 1. The third-order valence-electron chi connectivity index (χ3n) is 4.93. The first-order valence-corrected chi connectivity index (χ1v) is 7.90. The molecule has 2 saturated heterocycles. The van der Waals surface area contributed by atoms with E-state index in [1.165, 1.54) is 12.8 Å². The molecule has 4 nitrogen and oxygen atoms in total. The molecule has 2 aliphatic heterocycles. The van der Waals surface area contributed by atoms with Gasteiger partial charge in [0, 0.05) is 31.8 Å². The van der Waals surface area contributed by atoms with Gasteiger partial charge in [-0.1, -0.05) is 0 Å². The van der Waals surface area contributed by atoms with E-state index in [0.29, 0.717) is 23.9 Å². The number of carbonyl (C=O) groups is 1. The van der Waals surface area contributed by atoms with Crippen LogP contribution in [0.1, 0.15) is 45.4 Å². The zero-order valence-electron chi connectivity index (χ0n) is 11.9. The van der Waals surface area contributed by atoms with Crippen LogP contribution in [0.5, 0.6) is 0 Å². The smallest absolute Gasteiger partial charge is 0.239 e. The highest BCUT2D eigenvalue weighted by Crippen LogP contribution is 2.27. The van der Waals surface area contributed by atoms with Gasteiger partial charge in [-0.25, -0.2) is 0 Å². The maximum atomic E-state index is 12.6. The predicted octanol–water partition coefficient (Wildman–Crippen LogP) is 1.54. The van der Waals surface area contributed by atoms with Gasteiger partial charge in [-0.05, 0) is 51.4 Å². The van der Waals surface area contributed by atoms with Gasteiger partial charge in [-0.15, -0.1) is 0 Å². The Bertz CT molecular complexity index is 324. The predicted molar refractivity (Wildman–Crippen MR) is 73.9 cm³/mol. The summed E-state index contributed by atoms with van der Waals surface area (Å²) in [6, 6.07) is 1.08. The lowest BCUT2D eigenvalue weighted by Gasteiger charge is -2.41. The average Bonchev–Trinajstić information content (AvgIpc) is 3.25. The van der Waals surface area contributed by atoms with Crippen LogP contribution in [-0.4, -0.2) is 48.7 Å². The molecule has 2 atom stereocenters. The maximum absolute atomic E-state index is 12.6. The molecular weight excluding hydrogens is 240 g/mol. The Hall–Kier alpha value is -0.610. The Kier molecular flexibility index (Phi) is 4.08. The van der Waals surface area contributed by atoms with Crippen molar-refractivity contribution in [1.29, 1.82) is 0 Å². The van der Waals surface area contributed by atoms with Gasteiger partial charge < -0.3 is 15.0 Å². The molecule has 4 heteroatoms. The Morgan fingerprint density at radius 2 is 1.95 bits per heavy atom. The zero-order valence-corrected chi connectivity index (χ0v) is 11.9. The molecule has 1 amide bonds. The van der Waals surface area contributed by atoms with Crippen molar-refractivity contribution < 1.29 is 9.53 Å². The standard InChI is InChI=1S/C15H26N2O2/c1-11(12-6-9-19-10-7-12)17-8-2-3-14(15(17)18)16-13-4-5-13/h11-14,16H,2-10H2,1H3. The van der Waals surface area contributed by atoms with Gasteiger partial charge in [0.05, 0.1) is 6.04 Å². The van der Waals surface area contributed by atoms with Gasteiger partial charge >= 0.3 is 0 Å². The second-order valence-electron chi connectivity index (χ2n) is 6.36. The minimum Gasteiger partial charge on any atom is -0.381 e. The van der Waals surface area contributed by atoms with Gasteiger partial charge in [0.25, 0.3) is 0 Å². The Morgan fingerprint density at radius 3 is 2.63 bits per heavy atom. The third-order valence-corrected chi connectivity index (χ3v) is 4.93. The monoisotopic (exact) mass is 266 g/mol. The van der Waals surface area contributed by atoms with E-state index in [-0.39, 0.29) is 6.04 Å². The molecule has 2 unspecified atom stereocenters. The summed E-state index contributed by atoms with van der Waals surface area (Å²) in [4.78, 5) is 14.7. The lowest BCUT2D eigenvalue weighted by atomic mass is 9.90. The highest BCUT2D eigenvalue weighted by molar-refractivity contribution is 5.83. The number of ether oxygens (including phenoxy) is 1. The fraction of sp³-hybridized carbons (Fsp3) is 0.933. The van der Waals surface area contributed by atoms with Crippen molar-refractivity contribution in [2.24, 2.45) is 5.92 Å². The van der Waals surface area contributed by atoms with Crippen LogP contribution in [-0.2, 0) is 9.53 Å². The molecule has 2 heterocycles. The fourth-order valence-electron chi connectivity index (χ4n) is 3.45. The normalized spacial score (nSPS) is 31.5. The van der Waals surface area contributed by atoms with E-state index in [9.17, 15) is 4.79 Å². The van der Waals surface area contributed by atoms with Crippen LogP contribution >= 0.6 is 0 Å². The highest BCUT2D eigenvalue weighted by atomic mass is 16.5. The molecule has 3 aliphatic rings. The van der Waals surface area contributed by atoms with Crippen LogP contribution in [0.4, 0.5) is 0 Å². The first kappa shape index (κ1) is 13.4. The van der Waals surface area contributed by atoms with E-state index in [0.717, 1.165) is 45.4 Å². The van der Waals surface area contributed by atoms with Crippen molar-refractivity contribution in [3.05, 3.63) is 0 Å². The second-order valence-corrected chi connectivity index (χ2v) is 6.36. The van der Waals surface area contributed by atoms with Crippen LogP contribution in [0.2, 0.25) is 0 Å². The Labute approximate surface area is 115 Å². The summed E-state index contributed by atoms with van der Waals surface area (Å²) in [6.45, 7) is 4.90. The number of rotatable bonds is 4. The molecule has 1 aliphatic carbocycles. The second kappa shape index (κ2) is 5.80. The first-order chi connectivity index (χ1) is 9.25.